The van der Waals surface area contributed by atoms with Crippen molar-refractivity contribution in [2.75, 3.05) is 0 Å². The van der Waals surface area contributed by atoms with E-state index < -0.39 is 0 Å². The molecule has 0 aliphatic rings. The van der Waals surface area contributed by atoms with Gasteiger partial charge in [-0.15, -0.1) is 12.1 Å². The number of hydrogen-bond acceptors (Lipinski definition) is 4. The molecular weight excluding hydrogens is 822 g/mol. The number of rotatable bonds is 4. The third-order valence-electron chi connectivity index (χ3n) is 10.3. The van der Waals surface area contributed by atoms with Gasteiger partial charge in [-0.3, -0.25) is 15.0 Å². The number of ether oxygens (including phenoxy) is 1. The normalized spacial score (nSPS) is 11.7. The van der Waals surface area contributed by atoms with Gasteiger partial charge >= 0.3 is 21.1 Å². The van der Waals surface area contributed by atoms with E-state index in [0.717, 1.165) is 60.3 Å². The van der Waals surface area contributed by atoms with E-state index in [1.165, 1.54) is 38.9 Å². The van der Waals surface area contributed by atoms with Crippen molar-refractivity contribution >= 4 is 54.6 Å². The molecule has 0 spiro atoms. The molecule has 6 nitrogen and oxygen atoms in total. The van der Waals surface area contributed by atoms with Gasteiger partial charge in [0.2, 0.25) is 0 Å². The Morgan fingerprint density at radius 3 is 1.88 bits per heavy atom. The van der Waals surface area contributed by atoms with Gasteiger partial charge in [-0.05, 0) is 84.0 Å². The van der Waals surface area contributed by atoms with Gasteiger partial charge in [-0.2, -0.15) is 0 Å². The average Bonchev–Trinajstić information content (AvgIpc) is 3.81. The van der Waals surface area contributed by atoms with Crippen LogP contribution in [0, 0.1) is 39.8 Å². The average molecular weight is 853 g/mol. The van der Waals surface area contributed by atoms with Crippen LogP contribution in [0.5, 0.6) is 11.5 Å². The number of aryl methyl sites for hydroxylation is 4. The number of hydrogen-bond donors (Lipinski definition) is 0. The minimum absolute atomic E-state index is 0. The van der Waals surface area contributed by atoms with E-state index >= 15 is 0 Å². The van der Waals surface area contributed by atoms with Crippen molar-refractivity contribution in [2.24, 2.45) is 0 Å². The van der Waals surface area contributed by atoms with E-state index in [1.54, 1.807) is 6.20 Å². The second kappa shape index (κ2) is 12.1. The molecule has 52 heavy (non-hydrogen) atoms. The van der Waals surface area contributed by atoms with Crippen molar-refractivity contribution in [1.29, 1.82) is 0 Å². The number of pyridine rings is 3. The molecule has 0 saturated heterocycles. The van der Waals surface area contributed by atoms with E-state index in [4.69, 9.17) is 9.72 Å². The molecule has 0 aliphatic carbocycles. The Morgan fingerprint density at radius 1 is 0.577 bits per heavy atom. The SMILES string of the molecule is Cc1cccc(C)c1-c1ccc2c3ccc(Oc4[c-]c5c(cc4)c4ccncc4n4ccnc54)[c-]c3c3ncc(-c4c(C)cccc4C)n3c2c1.[Pt+2]. The summed E-state index contributed by atoms with van der Waals surface area (Å²) in [6.45, 7) is 8.70. The molecule has 5 heterocycles. The maximum absolute atomic E-state index is 6.53. The third-order valence-corrected chi connectivity index (χ3v) is 10.3. The number of nitrogens with zero attached hydrogens (tertiary/aromatic N) is 5. The number of benzene rings is 5. The van der Waals surface area contributed by atoms with Crippen LogP contribution in [-0.2, 0) is 21.1 Å². The monoisotopic (exact) mass is 852 g/mol. The van der Waals surface area contributed by atoms with E-state index in [9.17, 15) is 0 Å². The Balaban J connectivity index is 0.00000360. The second-order valence-electron chi connectivity index (χ2n) is 13.4. The van der Waals surface area contributed by atoms with E-state index in [-0.39, 0.29) is 21.1 Å². The zero-order chi connectivity index (χ0) is 34.4. The molecule has 10 aromatic rings. The molecule has 5 aromatic heterocycles. The van der Waals surface area contributed by atoms with Gasteiger partial charge in [0, 0.05) is 53.6 Å². The molecule has 0 bridgehead atoms. The van der Waals surface area contributed by atoms with Crippen LogP contribution in [0.25, 0.3) is 77.0 Å². The molecule has 0 unspecified atom stereocenters. The summed E-state index contributed by atoms with van der Waals surface area (Å²) in [6.07, 6.45) is 9.44. The first-order valence-electron chi connectivity index (χ1n) is 17.1. The smallest absolute Gasteiger partial charge is 0.497 e. The Labute approximate surface area is 314 Å². The number of fused-ring (bicyclic) bond motifs is 12. The van der Waals surface area contributed by atoms with Crippen molar-refractivity contribution < 1.29 is 25.8 Å². The fraction of sp³-hybridized carbons (Fsp3) is 0.0889. The van der Waals surface area contributed by atoms with Gasteiger partial charge in [0.1, 0.15) is 0 Å². The minimum atomic E-state index is 0. The minimum Gasteiger partial charge on any atom is -0.497 e. The summed E-state index contributed by atoms with van der Waals surface area (Å²) in [7, 11) is 0. The fourth-order valence-corrected chi connectivity index (χ4v) is 8.01. The number of aromatic nitrogens is 5. The van der Waals surface area contributed by atoms with Crippen molar-refractivity contribution in [3.8, 4) is 33.9 Å². The van der Waals surface area contributed by atoms with Crippen LogP contribution < -0.4 is 4.74 Å². The van der Waals surface area contributed by atoms with Crippen LogP contribution in [0.15, 0.2) is 116 Å². The van der Waals surface area contributed by atoms with E-state index in [2.05, 4.69) is 121 Å². The summed E-state index contributed by atoms with van der Waals surface area (Å²) < 4.78 is 10.9. The van der Waals surface area contributed by atoms with Crippen LogP contribution in [0.1, 0.15) is 22.3 Å². The molecule has 0 radical (unpaired) electrons. The largest absolute Gasteiger partial charge is 2.00 e. The second-order valence-corrected chi connectivity index (χ2v) is 13.4. The molecule has 0 saturated carbocycles. The van der Waals surface area contributed by atoms with Crippen LogP contribution in [-0.4, -0.2) is 23.8 Å². The molecule has 0 aliphatic heterocycles. The molecular formula is C45H31N5OPt. The third kappa shape index (κ3) is 4.78. The number of imidazole rings is 2. The summed E-state index contributed by atoms with van der Waals surface area (Å²) >= 11 is 0. The van der Waals surface area contributed by atoms with Crippen molar-refractivity contribution in [3.63, 3.8) is 0 Å². The Morgan fingerprint density at radius 2 is 1.19 bits per heavy atom. The van der Waals surface area contributed by atoms with Crippen LogP contribution in [0.2, 0.25) is 0 Å². The van der Waals surface area contributed by atoms with Gasteiger partial charge in [-0.25, -0.2) is 0 Å². The van der Waals surface area contributed by atoms with Gasteiger partial charge in [0.25, 0.3) is 0 Å². The molecule has 7 heteroatoms. The van der Waals surface area contributed by atoms with Crippen LogP contribution in [0.3, 0.4) is 0 Å². The molecule has 0 amide bonds. The first-order chi connectivity index (χ1) is 24.9. The molecule has 0 N–H and O–H groups in total. The summed E-state index contributed by atoms with van der Waals surface area (Å²) in [5, 5.41) is 6.11. The van der Waals surface area contributed by atoms with Gasteiger partial charge in [0.05, 0.1) is 22.5 Å². The molecule has 5 aromatic carbocycles. The molecule has 0 fully saturated rings. The summed E-state index contributed by atoms with van der Waals surface area (Å²) in [5.41, 5.74) is 13.4. The van der Waals surface area contributed by atoms with Gasteiger partial charge < -0.3 is 13.5 Å². The first-order valence-corrected chi connectivity index (χ1v) is 17.1. The molecule has 0 atom stereocenters. The summed E-state index contributed by atoms with van der Waals surface area (Å²) in [4.78, 5) is 14.1. The zero-order valence-electron chi connectivity index (χ0n) is 28.9. The topological polar surface area (TPSA) is 56.7 Å². The fourth-order valence-electron chi connectivity index (χ4n) is 8.01. The summed E-state index contributed by atoms with van der Waals surface area (Å²) in [5.74, 6) is 1.18. The van der Waals surface area contributed by atoms with Gasteiger partial charge in [0.15, 0.2) is 0 Å². The maximum atomic E-state index is 6.53. The van der Waals surface area contributed by atoms with Crippen molar-refractivity contribution in [2.45, 2.75) is 27.7 Å². The Kier molecular flexibility index (Phi) is 7.49. The maximum Gasteiger partial charge on any atom is 2.00 e. The Bertz CT molecular complexity index is 3030. The molecule has 252 valence electrons. The van der Waals surface area contributed by atoms with E-state index in [0.29, 0.717) is 11.5 Å². The Hall–Kier alpha value is -5.84. The standard InChI is InChI=1S/C45H31N5O.Pt/c1-26-7-5-8-27(2)42(26)30-11-14-35-33-15-12-32(23-38(33)45-48-25-41(50(45)39(35)21-30)43-28(3)9-6-10-29(43)4)51-31-13-16-34-36-17-18-46-24-40(36)49-20-19-47-44(49)37(34)22-31;/h5-21,24-25H,1-4H3;/q-2;+2. The summed E-state index contributed by atoms with van der Waals surface area (Å²) in [6, 6.07) is 37.1. The zero-order valence-corrected chi connectivity index (χ0v) is 31.2. The predicted molar refractivity (Wildman–Crippen MR) is 206 cm³/mol. The molecule has 10 rings (SSSR count). The van der Waals surface area contributed by atoms with Crippen LogP contribution in [0.4, 0.5) is 0 Å². The van der Waals surface area contributed by atoms with Crippen molar-refractivity contribution in [3.05, 3.63) is 150 Å². The first kappa shape index (κ1) is 32.1. The quantitative estimate of drug-likeness (QED) is 0.131. The van der Waals surface area contributed by atoms with E-state index in [1.807, 2.05) is 47.4 Å². The predicted octanol–water partition coefficient (Wildman–Crippen LogP) is 10.9. The van der Waals surface area contributed by atoms with Crippen molar-refractivity contribution in [1.82, 2.24) is 23.8 Å². The van der Waals surface area contributed by atoms with Gasteiger partial charge in [-0.1, -0.05) is 94.3 Å². The van der Waals surface area contributed by atoms with Crippen LogP contribution >= 0.6 is 0 Å².